The van der Waals surface area contributed by atoms with Gasteiger partial charge in [0.15, 0.2) is 0 Å². The van der Waals surface area contributed by atoms with Crippen LogP contribution in [0.3, 0.4) is 0 Å². The molecule has 1 atom stereocenters. The normalized spacial score (nSPS) is 14.2. The van der Waals surface area contributed by atoms with Crippen molar-refractivity contribution in [2.45, 2.75) is 37.5 Å². The summed E-state index contributed by atoms with van der Waals surface area (Å²) in [6.07, 6.45) is 0.851. The van der Waals surface area contributed by atoms with Crippen LogP contribution < -0.4 is 5.32 Å². The minimum absolute atomic E-state index is 0.0554. The van der Waals surface area contributed by atoms with Gasteiger partial charge in [0.25, 0.3) is 0 Å². The first-order chi connectivity index (χ1) is 9.54. The Labute approximate surface area is 133 Å². The van der Waals surface area contributed by atoms with Gasteiger partial charge in [-0.15, -0.1) is 11.6 Å². The molecule has 120 valence electrons. The Hall–Kier alpha value is -0.780. The molecule has 1 aromatic rings. The monoisotopic (exact) mass is 332 g/mol. The Bertz CT molecular complexity index is 565. The van der Waals surface area contributed by atoms with Crippen LogP contribution in [0, 0.1) is 5.41 Å². The van der Waals surface area contributed by atoms with Gasteiger partial charge in [0.1, 0.15) is 4.90 Å². The quantitative estimate of drug-likeness (QED) is 0.812. The summed E-state index contributed by atoms with van der Waals surface area (Å²) in [7, 11) is -0.415. The SMILES string of the molecule is CN(C)S(=O)(=O)c1ccccc1NCC(Cl)CC(C)(C)C. The summed E-state index contributed by atoms with van der Waals surface area (Å²) in [5, 5.41) is 3.10. The predicted molar refractivity (Wildman–Crippen MR) is 89.5 cm³/mol. The van der Waals surface area contributed by atoms with E-state index in [-0.39, 0.29) is 15.7 Å². The van der Waals surface area contributed by atoms with Crippen molar-refractivity contribution >= 4 is 27.3 Å². The van der Waals surface area contributed by atoms with E-state index in [1.165, 1.54) is 18.4 Å². The average molecular weight is 333 g/mol. The Kier molecular flexibility index (Phi) is 6.08. The van der Waals surface area contributed by atoms with Crippen LogP contribution in [0.2, 0.25) is 0 Å². The van der Waals surface area contributed by atoms with E-state index in [0.29, 0.717) is 12.2 Å². The van der Waals surface area contributed by atoms with E-state index < -0.39 is 10.0 Å². The molecular formula is C15H25ClN2O2S. The summed E-state index contributed by atoms with van der Waals surface area (Å²) in [4.78, 5) is 0.273. The van der Waals surface area contributed by atoms with Crippen LogP contribution in [0.1, 0.15) is 27.2 Å². The number of benzene rings is 1. The third-order valence-corrected chi connectivity index (χ3v) is 5.18. The summed E-state index contributed by atoms with van der Waals surface area (Å²) in [5.41, 5.74) is 0.731. The Balaban J connectivity index is 2.87. The first-order valence-corrected chi connectivity index (χ1v) is 8.81. The summed E-state index contributed by atoms with van der Waals surface area (Å²) in [6.45, 7) is 6.92. The lowest BCUT2D eigenvalue weighted by Gasteiger charge is -2.23. The third-order valence-electron chi connectivity index (χ3n) is 2.99. The largest absolute Gasteiger partial charge is 0.382 e. The van der Waals surface area contributed by atoms with Crippen molar-refractivity contribution in [1.29, 1.82) is 0 Å². The van der Waals surface area contributed by atoms with Crippen LogP contribution in [-0.4, -0.2) is 38.7 Å². The molecule has 0 spiro atoms. The van der Waals surface area contributed by atoms with Crippen molar-refractivity contribution in [3.8, 4) is 0 Å². The fourth-order valence-electron chi connectivity index (χ4n) is 1.99. The lowest BCUT2D eigenvalue weighted by atomic mass is 9.90. The van der Waals surface area contributed by atoms with E-state index in [4.69, 9.17) is 11.6 Å². The maximum absolute atomic E-state index is 12.3. The summed E-state index contributed by atoms with van der Waals surface area (Å²) >= 11 is 6.32. The van der Waals surface area contributed by atoms with Gasteiger partial charge in [-0.3, -0.25) is 0 Å². The molecule has 1 aromatic carbocycles. The highest BCUT2D eigenvalue weighted by atomic mass is 35.5. The van der Waals surface area contributed by atoms with Crippen molar-refractivity contribution in [3.63, 3.8) is 0 Å². The number of para-hydroxylation sites is 1. The Morgan fingerprint density at radius 3 is 2.33 bits per heavy atom. The van der Waals surface area contributed by atoms with Crippen LogP contribution >= 0.6 is 11.6 Å². The standard InChI is InChI=1S/C15H25ClN2O2S/c1-15(2,3)10-12(16)11-17-13-8-6-7-9-14(13)21(19,20)18(4)5/h6-9,12,17H,10-11H2,1-5H3. The van der Waals surface area contributed by atoms with Crippen molar-refractivity contribution in [1.82, 2.24) is 4.31 Å². The number of anilines is 1. The number of nitrogens with zero attached hydrogens (tertiary/aromatic N) is 1. The second-order valence-electron chi connectivity index (χ2n) is 6.53. The second kappa shape index (κ2) is 6.99. The third kappa shape index (κ3) is 5.49. The smallest absolute Gasteiger partial charge is 0.244 e. The molecule has 0 heterocycles. The number of rotatable bonds is 6. The topological polar surface area (TPSA) is 49.4 Å². The second-order valence-corrected chi connectivity index (χ2v) is 9.26. The first kappa shape index (κ1) is 18.3. The van der Waals surface area contributed by atoms with Gasteiger partial charge in [0.2, 0.25) is 10.0 Å². The highest BCUT2D eigenvalue weighted by molar-refractivity contribution is 7.89. The number of hydrogen-bond donors (Lipinski definition) is 1. The molecule has 1 N–H and O–H groups in total. The van der Waals surface area contributed by atoms with E-state index >= 15 is 0 Å². The zero-order valence-corrected chi connectivity index (χ0v) is 14.9. The molecular weight excluding hydrogens is 308 g/mol. The highest BCUT2D eigenvalue weighted by Crippen LogP contribution is 2.26. The molecule has 0 amide bonds. The van der Waals surface area contributed by atoms with E-state index in [9.17, 15) is 8.42 Å². The molecule has 0 bridgehead atoms. The number of sulfonamides is 1. The van der Waals surface area contributed by atoms with Crippen LogP contribution in [0.4, 0.5) is 5.69 Å². The van der Waals surface area contributed by atoms with Crippen LogP contribution in [0.25, 0.3) is 0 Å². The van der Waals surface area contributed by atoms with Crippen LogP contribution in [0.5, 0.6) is 0 Å². The molecule has 0 aromatic heterocycles. The van der Waals surface area contributed by atoms with Crippen molar-refractivity contribution in [2.24, 2.45) is 5.41 Å². The molecule has 0 saturated carbocycles. The van der Waals surface area contributed by atoms with Gasteiger partial charge in [-0.05, 0) is 24.0 Å². The van der Waals surface area contributed by atoms with Gasteiger partial charge < -0.3 is 5.32 Å². The minimum Gasteiger partial charge on any atom is -0.382 e. The number of nitrogens with one attached hydrogen (secondary N) is 1. The van der Waals surface area contributed by atoms with Crippen molar-refractivity contribution < 1.29 is 8.42 Å². The van der Waals surface area contributed by atoms with Gasteiger partial charge in [-0.25, -0.2) is 12.7 Å². The molecule has 0 aliphatic carbocycles. The maximum Gasteiger partial charge on any atom is 0.244 e. The van der Waals surface area contributed by atoms with Gasteiger partial charge in [-0.2, -0.15) is 0 Å². The van der Waals surface area contributed by atoms with Crippen LogP contribution in [-0.2, 0) is 10.0 Å². The number of alkyl halides is 1. The molecule has 0 aliphatic rings. The lowest BCUT2D eigenvalue weighted by molar-refractivity contribution is 0.373. The number of hydrogen-bond acceptors (Lipinski definition) is 3. The zero-order chi connectivity index (χ0) is 16.3. The van der Waals surface area contributed by atoms with E-state index in [1.807, 2.05) is 6.07 Å². The lowest BCUT2D eigenvalue weighted by Crippen LogP contribution is -2.25. The van der Waals surface area contributed by atoms with Gasteiger partial charge in [0.05, 0.1) is 11.1 Å². The summed E-state index contributed by atoms with van der Waals surface area (Å²) < 4.78 is 25.8. The molecule has 0 saturated heterocycles. The minimum atomic E-state index is -3.46. The van der Waals surface area contributed by atoms with Gasteiger partial charge in [-0.1, -0.05) is 32.9 Å². The van der Waals surface area contributed by atoms with E-state index in [1.54, 1.807) is 18.2 Å². The molecule has 6 heteroatoms. The molecule has 0 fully saturated rings. The van der Waals surface area contributed by atoms with Crippen LogP contribution in [0.15, 0.2) is 29.2 Å². The Morgan fingerprint density at radius 1 is 1.24 bits per heavy atom. The molecule has 21 heavy (non-hydrogen) atoms. The molecule has 0 radical (unpaired) electrons. The average Bonchev–Trinajstić information content (AvgIpc) is 2.34. The number of halogens is 1. The van der Waals surface area contributed by atoms with Crippen molar-refractivity contribution in [2.75, 3.05) is 26.0 Å². The van der Waals surface area contributed by atoms with Gasteiger partial charge >= 0.3 is 0 Å². The molecule has 1 rings (SSSR count). The highest BCUT2D eigenvalue weighted by Gasteiger charge is 2.22. The zero-order valence-electron chi connectivity index (χ0n) is 13.4. The predicted octanol–water partition coefficient (Wildman–Crippen LogP) is 3.39. The summed E-state index contributed by atoms with van der Waals surface area (Å²) in [6, 6.07) is 6.89. The molecule has 4 nitrogen and oxygen atoms in total. The Morgan fingerprint density at radius 2 is 1.81 bits per heavy atom. The fraction of sp³-hybridized carbons (Fsp3) is 0.600. The fourth-order valence-corrected chi connectivity index (χ4v) is 3.59. The van der Waals surface area contributed by atoms with E-state index in [2.05, 4.69) is 26.1 Å². The molecule has 0 aliphatic heterocycles. The van der Waals surface area contributed by atoms with Gasteiger partial charge in [0, 0.05) is 20.6 Å². The maximum atomic E-state index is 12.3. The first-order valence-electron chi connectivity index (χ1n) is 6.93. The van der Waals surface area contributed by atoms with Crippen molar-refractivity contribution in [3.05, 3.63) is 24.3 Å². The van der Waals surface area contributed by atoms with E-state index in [0.717, 1.165) is 6.42 Å². The summed E-state index contributed by atoms with van der Waals surface area (Å²) in [5.74, 6) is 0. The molecule has 1 unspecified atom stereocenters.